The smallest absolute Gasteiger partial charge is 0.328 e. The summed E-state index contributed by atoms with van der Waals surface area (Å²) in [7, 11) is 0. The first-order valence-electron chi connectivity index (χ1n) is 9.94. The zero-order valence-corrected chi connectivity index (χ0v) is 16.7. The first-order valence-corrected chi connectivity index (χ1v) is 9.94. The van der Waals surface area contributed by atoms with Gasteiger partial charge in [-0.1, -0.05) is 69.7 Å². The number of carbonyl (C=O) groups is 2. The van der Waals surface area contributed by atoms with E-state index in [1.165, 1.54) is 0 Å². The SMILES string of the molecule is CCCCOC(=O)C(Cc1cccc2ccccc12)NC(=O)CCC(C)C. The normalized spacial score (nSPS) is 12.1. The van der Waals surface area contributed by atoms with E-state index < -0.39 is 6.04 Å². The fraction of sp³-hybridized carbons (Fsp3) is 0.478. The molecule has 0 aliphatic rings. The molecule has 0 aliphatic heterocycles. The number of carbonyl (C=O) groups excluding carboxylic acids is 2. The van der Waals surface area contributed by atoms with Crippen molar-refractivity contribution in [3.05, 3.63) is 48.0 Å². The first kappa shape index (κ1) is 20.9. The molecule has 0 fully saturated rings. The van der Waals surface area contributed by atoms with E-state index in [0.717, 1.165) is 35.6 Å². The maximum Gasteiger partial charge on any atom is 0.328 e. The van der Waals surface area contributed by atoms with Gasteiger partial charge in [0.05, 0.1) is 6.61 Å². The predicted octanol–water partition coefficient (Wildman–Crippen LogP) is 4.65. The summed E-state index contributed by atoms with van der Waals surface area (Å²) in [5.74, 6) is -0.000526. The molecule has 0 spiro atoms. The van der Waals surface area contributed by atoms with Gasteiger partial charge in [-0.25, -0.2) is 4.79 Å². The highest BCUT2D eigenvalue weighted by molar-refractivity contribution is 5.88. The molecular formula is C23H31NO3. The van der Waals surface area contributed by atoms with E-state index in [4.69, 9.17) is 4.74 Å². The Labute approximate surface area is 162 Å². The van der Waals surface area contributed by atoms with Gasteiger partial charge in [0.2, 0.25) is 5.91 Å². The van der Waals surface area contributed by atoms with Crippen LogP contribution in [0, 0.1) is 5.92 Å². The van der Waals surface area contributed by atoms with E-state index >= 15 is 0 Å². The number of nitrogens with one attached hydrogen (secondary N) is 1. The van der Waals surface area contributed by atoms with Gasteiger partial charge in [-0.2, -0.15) is 0 Å². The minimum Gasteiger partial charge on any atom is -0.464 e. The lowest BCUT2D eigenvalue weighted by molar-refractivity contribution is -0.148. The second-order valence-corrected chi connectivity index (χ2v) is 7.42. The Morgan fingerprint density at radius 3 is 2.56 bits per heavy atom. The third-order valence-electron chi connectivity index (χ3n) is 4.61. The van der Waals surface area contributed by atoms with Crippen molar-refractivity contribution in [1.82, 2.24) is 5.32 Å². The second kappa shape index (κ2) is 10.7. The monoisotopic (exact) mass is 369 g/mol. The lowest BCUT2D eigenvalue weighted by atomic mass is 9.98. The zero-order chi connectivity index (χ0) is 19.6. The fourth-order valence-corrected chi connectivity index (χ4v) is 2.99. The Morgan fingerprint density at radius 1 is 1.07 bits per heavy atom. The Morgan fingerprint density at radius 2 is 1.81 bits per heavy atom. The van der Waals surface area contributed by atoms with E-state index in [1.54, 1.807) is 0 Å². The van der Waals surface area contributed by atoms with Crippen molar-refractivity contribution >= 4 is 22.6 Å². The molecule has 0 aromatic heterocycles. The zero-order valence-electron chi connectivity index (χ0n) is 16.7. The van der Waals surface area contributed by atoms with Gasteiger partial charge >= 0.3 is 5.97 Å². The molecule has 1 amide bonds. The maximum absolute atomic E-state index is 12.6. The summed E-state index contributed by atoms with van der Waals surface area (Å²) in [5, 5.41) is 5.12. The predicted molar refractivity (Wildman–Crippen MR) is 110 cm³/mol. The summed E-state index contributed by atoms with van der Waals surface area (Å²) in [4.78, 5) is 24.9. The number of esters is 1. The highest BCUT2D eigenvalue weighted by Crippen LogP contribution is 2.20. The number of ether oxygens (including phenoxy) is 1. The van der Waals surface area contributed by atoms with Gasteiger partial charge in [0, 0.05) is 12.8 Å². The molecule has 2 aromatic rings. The Balaban J connectivity index is 2.15. The third kappa shape index (κ3) is 6.70. The largest absolute Gasteiger partial charge is 0.464 e. The molecule has 1 unspecified atom stereocenters. The van der Waals surface area contributed by atoms with Crippen LogP contribution in [-0.4, -0.2) is 24.5 Å². The molecule has 0 radical (unpaired) electrons. The molecule has 0 aliphatic carbocycles. The average Bonchev–Trinajstić information content (AvgIpc) is 2.66. The van der Waals surface area contributed by atoms with Crippen LogP contribution < -0.4 is 5.32 Å². The van der Waals surface area contributed by atoms with E-state index in [-0.39, 0.29) is 11.9 Å². The summed E-state index contributed by atoms with van der Waals surface area (Å²) in [5.41, 5.74) is 1.04. The van der Waals surface area contributed by atoms with Crippen molar-refractivity contribution in [3.8, 4) is 0 Å². The number of unbranched alkanes of at least 4 members (excludes halogenated alkanes) is 1. The molecule has 0 saturated carbocycles. The van der Waals surface area contributed by atoms with Crippen LogP contribution in [0.3, 0.4) is 0 Å². The lowest BCUT2D eigenvalue weighted by Gasteiger charge is -2.19. The van der Waals surface area contributed by atoms with Crippen LogP contribution in [0.2, 0.25) is 0 Å². The van der Waals surface area contributed by atoms with Crippen LogP contribution in [0.1, 0.15) is 52.0 Å². The molecule has 146 valence electrons. The Hall–Kier alpha value is -2.36. The molecule has 4 nitrogen and oxygen atoms in total. The fourth-order valence-electron chi connectivity index (χ4n) is 2.99. The van der Waals surface area contributed by atoms with Crippen LogP contribution in [0.25, 0.3) is 10.8 Å². The van der Waals surface area contributed by atoms with E-state index in [2.05, 4.69) is 38.2 Å². The first-order chi connectivity index (χ1) is 13.0. The molecule has 0 heterocycles. The van der Waals surface area contributed by atoms with Crippen molar-refractivity contribution in [2.75, 3.05) is 6.61 Å². The highest BCUT2D eigenvalue weighted by Gasteiger charge is 2.23. The van der Waals surface area contributed by atoms with Gasteiger partial charge in [0.15, 0.2) is 0 Å². The van der Waals surface area contributed by atoms with Gasteiger partial charge < -0.3 is 10.1 Å². The summed E-state index contributed by atoms with van der Waals surface area (Å²) in [6, 6.07) is 13.5. The number of hydrogen-bond acceptors (Lipinski definition) is 3. The standard InChI is InChI=1S/C23H31NO3/c1-4-5-15-27-23(26)21(24-22(25)14-13-17(2)3)16-19-11-8-10-18-9-6-7-12-20(18)19/h6-12,17,21H,4-5,13-16H2,1-3H3,(H,24,25). The quantitative estimate of drug-likeness (QED) is 0.490. The minimum atomic E-state index is -0.660. The molecule has 27 heavy (non-hydrogen) atoms. The van der Waals surface area contributed by atoms with E-state index in [9.17, 15) is 9.59 Å². The number of fused-ring (bicyclic) bond motifs is 1. The molecule has 2 aromatic carbocycles. The molecule has 0 saturated heterocycles. The maximum atomic E-state index is 12.6. The number of amides is 1. The van der Waals surface area contributed by atoms with Crippen LogP contribution >= 0.6 is 0 Å². The molecule has 2 rings (SSSR count). The van der Waals surface area contributed by atoms with Crippen molar-refractivity contribution in [3.63, 3.8) is 0 Å². The molecule has 1 atom stereocenters. The van der Waals surface area contributed by atoms with Crippen molar-refractivity contribution in [2.24, 2.45) is 5.92 Å². The summed E-state index contributed by atoms with van der Waals surface area (Å²) in [6.07, 6.45) is 3.44. The second-order valence-electron chi connectivity index (χ2n) is 7.42. The summed E-state index contributed by atoms with van der Waals surface area (Å²) < 4.78 is 5.40. The molecule has 0 bridgehead atoms. The average molecular weight is 370 g/mol. The van der Waals surface area contributed by atoms with Gasteiger partial charge in [0.1, 0.15) is 6.04 Å². The molecular weight excluding hydrogens is 338 g/mol. The van der Waals surface area contributed by atoms with E-state index in [0.29, 0.717) is 25.4 Å². The Bertz CT molecular complexity index is 749. The van der Waals surface area contributed by atoms with Crippen LogP contribution in [0.4, 0.5) is 0 Å². The van der Waals surface area contributed by atoms with Crippen molar-refractivity contribution < 1.29 is 14.3 Å². The molecule has 4 heteroatoms. The van der Waals surface area contributed by atoms with Crippen molar-refractivity contribution in [2.45, 2.75) is 58.9 Å². The van der Waals surface area contributed by atoms with Gasteiger partial charge in [0.25, 0.3) is 0 Å². The number of benzene rings is 2. The van der Waals surface area contributed by atoms with Crippen LogP contribution in [-0.2, 0) is 20.7 Å². The Kier molecular flexibility index (Phi) is 8.31. The van der Waals surface area contributed by atoms with Crippen LogP contribution in [0.5, 0.6) is 0 Å². The summed E-state index contributed by atoms with van der Waals surface area (Å²) >= 11 is 0. The minimum absolute atomic E-state index is 0.0959. The summed E-state index contributed by atoms with van der Waals surface area (Å²) in [6.45, 7) is 6.61. The van der Waals surface area contributed by atoms with Gasteiger partial charge in [-0.05, 0) is 35.1 Å². The number of rotatable bonds is 10. The number of hydrogen-bond donors (Lipinski definition) is 1. The molecule has 1 N–H and O–H groups in total. The van der Waals surface area contributed by atoms with Gasteiger partial charge in [-0.3, -0.25) is 4.79 Å². The van der Waals surface area contributed by atoms with E-state index in [1.807, 2.05) is 30.3 Å². The third-order valence-corrected chi connectivity index (χ3v) is 4.61. The topological polar surface area (TPSA) is 55.4 Å². The highest BCUT2D eigenvalue weighted by atomic mass is 16.5. The van der Waals surface area contributed by atoms with Crippen LogP contribution in [0.15, 0.2) is 42.5 Å². The van der Waals surface area contributed by atoms with Gasteiger partial charge in [-0.15, -0.1) is 0 Å². The van der Waals surface area contributed by atoms with Crippen molar-refractivity contribution in [1.29, 1.82) is 0 Å². The lowest BCUT2D eigenvalue weighted by Crippen LogP contribution is -2.43.